The molecule has 114 valence electrons. The Balaban J connectivity index is 1.94. The maximum atomic E-state index is 11.8. The summed E-state index contributed by atoms with van der Waals surface area (Å²) in [7, 11) is 0. The van der Waals surface area contributed by atoms with Crippen LogP contribution in [-0.2, 0) is 14.3 Å². The van der Waals surface area contributed by atoms with Gasteiger partial charge in [0.05, 0.1) is 0 Å². The van der Waals surface area contributed by atoms with E-state index in [0.717, 1.165) is 4.47 Å². The number of nitrogens with two attached hydrogens (primary N) is 1. The van der Waals surface area contributed by atoms with Crippen molar-refractivity contribution in [3.05, 3.63) is 64.6 Å². The molecule has 22 heavy (non-hydrogen) atoms. The number of esters is 1. The molecule has 2 aromatic rings. The molecule has 1 atom stereocenters. The van der Waals surface area contributed by atoms with Crippen molar-refractivity contribution in [1.82, 2.24) is 0 Å². The Kier molecular flexibility index (Phi) is 5.55. The first-order valence-electron chi connectivity index (χ1n) is 6.48. The van der Waals surface area contributed by atoms with Crippen molar-refractivity contribution in [3.63, 3.8) is 0 Å². The maximum Gasteiger partial charge on any atom is 0.345 e. The van der Waals surface area contributed by atoms with E-state index < -0.39 is 18.0 Å². The van der Waals surface area contributed by atoms with E-state index >= 15 is 0 Å². The number of hydrogen-bond acceptors (Lipinski definition) is 4. The van der Waals surface area contributed by atoms with Gasteiger partial charge in [-0.05, 0) is 24.3 Å². The Bertz CT molecular complexity index is 643. The third-order valence-corrected chi connectivity index (χ3v) is 3.31. The number of hydrogen-bond donors (Lipinski definition) is 1. The molecule has 0 spiro atoms. The fraction of sp³-hybridized carbons (Fsp3) is 0.125. The number of halogens is 1. The normalized spacial score (nSPS) is 11.5. The van der Waals surface area contributed by atoms with Crippen LogP contribution in [0.5, 0.6) is 5.75 Å². The predicted octanol–water partition coefficient (Wildman–Crippen LogP) is 2.60. The van der Waals surface area contributed by atoms with E-state index in [-0.39, 0.29) is 6.61 Å². The number of carbonyl (C=O) groups is 2. The highest BCUT2D eigenvalue weighted by Gasteiger charge is 2.22. The van der Waals surface area contributed by atoms with Crippen molar-refractivity contribution in [2.24, 2.45) is 5.73 Å². The lowest BCUT2D eigenvalue weighted by atomic mass is 10.1. The standard InChI is InChI=1S/C16H14BrNO4/c17-12-6-8-13(9-7-12)21-10-14(19)22-15(16(18)20)11-4-2-1-3-5-11/h1-9,15H,10H2,(H2,18,20). The molecule has 1 unspecified atom stereocenters. The monoisotopic (exact) mass is 363 g/mol. The second-order valence-electron chi connectivity index (χ2n) is 4.43. The molecule has 0 aliphatic heterocycles. The van der Waals surface area contributed by atoms with E-state index in [1.807, 2.05) is 0 Å². The van der Waals surface area contributed by atoms with Crippen LogP contribution < -0.4 is 10.5 Å². The zero-order valence-electron chi connectivity index (χ0n) is 11.6. The summed E-state index contributed by atoms with van der Waals surface area (Å²) in [6.45, 7) is -0.307. The lowest BCUT2D eigenvalue weighted by Gasteiger charge is -2.15. The van der Waals surface area contributed by atoms with E-state index in [4.69, 9.17) is 15.2 Å². The van der Waals surface area contributed by atoms with Crippen LogP contribution in [-0.4, -0.2) is 18.5 Å². The van der Waals surface area contributed by atoms with Gasteiger partial charge in [-0.3, -0.25) is 4.79 Å². The van der Waals surface area contributed by atoms with Crippen LogP contribution in [0.1, 0.15) is 11.7 Å². The molecule has 0 aliphatic rings. The van der Waals surface area contributed by atoms with Crippen LogP contribution >= 0.6 is 15.9 Å². The Hall–Kier alpha value is -2.34. The number of primary amides is 1. The quantitative estimate of drug-likeness (QED) is 0.800. The van der Waals surface area contributed by atoms with E-state index in [1.165, 1.54) is 0 Å². The summed E-state index contributed by atoms with van der Waals surface area (Å²) in [6.07, 6.45) is -1.12. The van der Waals surface area contributed by atoms with Crippen LogP contribution in [0.2, 0.25) is 0 Å². The minimum absolute atomic E-state index is 0.307. The molecule has 0 heterocycles. The van der Waals surface area contributed by atoms with Gasteiger partial charge in [0.1, 0.15) is 5.75 Å². The first-order chi connectivity index (χ1) is 10.6. The van der Waals surface area contributed by atoms with Crippen molar-refractivity contribution < 1.29 is 19.1 Å². The van der Waals surface area contributed by atoms with Crippen molar-refractivity contribution in [2.75, 3.05) is 6.61 Å². The van der Waals surface area contributed by atoms with Gasteiger partial charge in [0.2, 0.25) is 6.10 Å². The zero-order valence-corrected chi connectivity index (χ0v) is 13.2. The number of amides is 1. The van der Waals surface area contributed by atoms with Crippen LogP contribution in [0.3, 0.4) is 0 Å². The molecule has 6 heteroatoms. The highest BCUT2D eigenvalue weighted by atomic mass is 79.9. The fourth-order valence-corrected chi connectivity index (χ4v) is 2.02. The van der Waals surface area contributed by atoms with Crippen LogP contribution in [0.15, 0.2) is 59.1 Å². The van der Waals surface area contributed by atoms with Gasteiger partial charge in [-0.2, -0.15) is 0 Å². The third-order valence-electron chi connectivity index (χ3n) is 2.78. The second-order valence-corrected chi connectivity index (χ2v) is 5.34. The topological polar surface area (TPSA) is 78.6 Å². The van der Waals surface area contributed by atoms with Gasteiger partial charge in [0.25, 0.3) is 5.91 Å². The number of benzene rings is 2. The smallest absolute Gasteiger partial charge is 0.345 e. The highest BCUT2D eigenvalue weighted by Crippen LogP contribution is 2.18. The Morgan fingerprint density at radius 2 is 1.68 bits per heavy atom. The van der Waals surface area contributed by atoms with E-state index in [2.05, 4.69) is 15.9 Å². The van der Waals surface area contributed by atoms with Crippen molar-refractivity contribution in [3.8, 4) is 5.75 Å². The molecule has 0 aromatic heterocycles. The average molecular weight is 364 g/mol. The number of ether oxygens (including phenoxy) is 2. The largest absolute Gasteiger partial charge is 0.482 e. The van der Waals surface area contributed by atoms with E-state index in [0.29, 0.717) is 11.3 Å². The molecule has 1 amide bonds. The summed E-state index contributed by atoms with van der Waals surface area (Å²) in [5.74, 6) is -0.880. The summed E-state index contributed by atoms with van der Waals surface area (Å²) in [4.78, 5) is 23.3. The Morgan fingerprint density at radius 3 is 2.27 bits per heavy atom. The van der Waals surface area contributed by atoms with Crippen molar-refractivity contribution in [2.45, 2.75) is 6.10 Å². The van der Waals surface area contributed by atoms with Gasteiger partial charge in [0.15, 0.2) is 6.61 Å². The Morgan fingerprint density at radius 1 is 1.05 bits per heavy atom. The number of rotatable bonds is 6. The van der Waals surface area contributed by atoms with Gasteiger partial charge < -0.3 is 15.2 Å². The minimum atomic E-state index is -1.12. The molecule has 2 aromatic carbocycles. The minimum Gasteiger partial charge on any atom is -0.482 e. The zero-order chi connectivity index (χ0) is 15.9. The van der Waals surface area contributed by atoms with Crippen LogP contribution in [0.25, 0.3) is 0 Å². The van der Waals surface area contributed by atoms with Crippen LogP contribution in [0.4, 0.5) is 0 Å². The molecule has 0 bridgehead atoms. The van der Waals surface area contributed by atoms with Gasteiger partial charge in [-0.25, -0.2) is 4.79 Å². The summed E-state index contributed by atoms with van der Waals surface area (Å²) < 4.78 is 11.3. The summed E-state index contributed by atoms with van der Waals surface area (Å²) in [5, 5.41) is 0. The summed E-state index contributed by atoms with van der Waals surface area (Å²) >= 11 is 3.30. The third kappa shape index (κ3) is 4.60. The highest BCUT2D eigenvalue weighted by molar-refractivity contribution is 9.10. The molecule has 0 saturated heterocycles. The van der Waals surface area contributed by atoms with E-state index in [9.17, 15) is 9.59 Å². The Labute approximate surface area is 136 Å². The van der Waals surface area contributed by atoms with Crippen molar-refractivity contribution in [1.29, 1.82) is 0 Å². The van der Waals surface area contributed by atoms with Gasteiger partial charge in [0, 0.05) is 10.0 Å². The SMILES string of the molecule is NC(=O)C(OC(=O)COc1ccc(Br)cc1)c1ccccc1. The summed E-state index contributed by atoms with van der Waals surface area (Å²) in [5.41, 5.74) is 5.80. The molecule has 0 aliphatic carbocycles. The first-order valence-corrected chi connectivity index (χ1v) is 7.27. The molecule has 2 rings (SSSR count). The van der Waals surface area contributed by atoms with Crippen LogP contribution in [0, 0.1) is 0 Å². The summed E-state index contributed by atoms with van der Waals surface area (Å²) in [6, 6.07) is 15.6. The average Bonchev–Trinajstić information content (AvgIpc) is 2.52. The molecular formula is C16H14BrNO4. The number of carbonyl (C=O) groups excluding carboxylic acids is 2. The van der Waals surface area contributed by atoms with Gasteiger partial charge in [-0.15, -0.1) is 0 Å². The van der Waals surface area contributed by atoms with E-state index in [1.54, 1.807) is 54.6 Å². The molecule has 2 N–H and O–H groups in total. The lowest BCUT2D eigenvalue weighted by Crippen LogP contribution is -2.28. The van der Waals surface area contributed by atoms with Crippen molar-refractivity contribution >= 4 is 27.8 Å². The lowest BCUT2D eigenvalue weighted by molar-refractivity contribution is -0.157. The first kappa shape index (κ1) is 16.0. The molecule has 0 fully saturated rings. The predicted molar refractivity (Wildman–Crippen MR) is 84.1 cm³/mol. The molecule has 0 radical (unpaired) electrons. The van der Waals surface area contributed by atoms with Gasteiger partial charge >= 0.3 is 5.97 Å². The fourth-order valence-electron chi connectivity index (χ4n) is 1.76. The molecule has 0 saturated carbocycles. The maximum absolute atomic E-state index is 11.8. The molecule has 5 nitrogen and oxygen atoms in total. The second kappa shape index (κ2) is 7.61. The molecular weight excluding hydrogens is 350 g/mol. The van der Waals surface area contributed by atoms with Gasteiger partial charge in [-0.1, -0.05) is 46.3 Å².